The molecular formula is C18H22F2N2O2. The van der Waals surface area contributed by atoms with Crippen molar-refractivity contribution in [3.63, 3.8) is 0 Å². The molecule has 0 unspecified atom stereocenters. The predicted molar refractivity (Wildman–Crippen MR) is 83.9 cm³/mol. The van der Waals surface area contributed by atoms with Crippen LogP contribution < -0.4 is 0 Å². The molecule has 3 atom stereocenters. The Kier molecular flexibility index (Phi) is 3.65. The Balaban J connectivity index is 1.57. The number of hydrogen-bond donors (Lipinski definition) is 0. The minimum absolute atomic E-state index is 0.0122. The molecule has 0 aliphatic carbocycles. The van der Waals surface area contributed by atoms with E-state index in [2.05, 4.69) is 18.7 Å². The third kappa shape index (κ3) is 2.19. The first-order valence-corrected chi connectivity index (χ1v) is 8.56. The van der Waals surface area contributed by atoms with E-state index in [1.54, 1.807) is 6.07 Å². The lowest BCUT2D eigenvalue weighted by Gasteiger charge is -2.34. The van der Waals surface area contributed by atoms with Crippen molar-refractivity contribution in [3.8, 4) is 0 Å². The van der Waals surface area contributed by atoms with Crippen LogP contribution >= 0.6 is 0 Å². The number of amides is 1. The van der Waals surface area contributed by atoms with Crippen molar-refractivity contribution in [1.29, 1.82) is 0 Å². The summed E-state index contributed by atoms with van der Waals surface area (Å²) in [7, 11) is 0. The van der Waals surface area contributed by atoms with E-state index < -0.39 is 17.4 Å². The second-order valence-electron chi connectivity index (χ2n) is 7.42. The summed E-state index contributed by atoms with van der Waals surface area (Å²) in [4.78, 5) is 16.7. The fraction of sp³-hybridized carbons (Fsp3) is 0.611. The largest absolute Gasteiger partial charge is 0.352 e. The van der Waals surface area contributed by atoms with Crippen molar-refractivity contribution >= 4 is 5.91 Å². The lowest BCUT2D eigenvalue weighted by molar-refractivity contribution is -0.139. The molecule has 3 aliphatic rings. The molecule has 0 bridgehead atoms. The maximum absolute atomic E-state index is 13.5. The average Bonchev–Trinajstić information content (AvgIpc) is 3.14. The average molecular weight is 336 g/mol. The lowest BCUT2D eigenvalue weighted by Crippen LogP contribution is -2.50. The van der Waals surface area contributed by atoms with Gasteiger partial charge in [0.1, 0.15) is 0 Å². The molecule has 1 amide bonds. The second-order valence-corrected chi connectivity index (χ2v) is 7.42. The summed E-state index contributed by atoms with van der Waals surface area (Å²) in [5, 5.41) is 0. The number of carbonyl (C=O) groups excluding carboxylic acids is 1. The third-order valence-corrected chi connectivity index (χ3v) is 5.74. The minimum atomic E-state index is -0.835. The van der Waals surface area contributed by atoms with E-state index in [-0.39, 0.29) is 18.0 Å². The Labute approximate surface area is 140 Å². The van der Waals surface area contributed by atoms with E-state index in [1.165, 1.54) is 6.07 Å². The molecule has 1 aromatic rings. The zero-order valence-corrected chi connectivity index (χ0v) is 14.0. The van der Waals surface area contributed by atoms with Crippen molar-refractivity contribution < 1.29 is 18.3 Å². The summed E-state index contributed by atoms with van der Waals surface area (Å²) >= 11 is 0. The van der Waals surface area contributed by atoms with Gasteiger partial charge in [0.25, 0.3) is 0 Å². The molecule has 0 radical (unpaired) electrons. The van der Waals surface area contributed by atoms with Crippen molar-refractivity contribution in [2.75, 3.05) is 13.2 Å². The molecule has 24 heavy (non-hydrogen) atoms. The molecule has 3 heterocycles. The van der Waals surface area contributed by atoms with Gasteiger partial charge in [-0.15, -0.1) is 0 Å². The Hall–Kier alpha value is -1.53. The highest BCUT2D eigenvalue weighted by molar-refractivity contribution is 5.82. The van der Waals surface area contributed by atoms with Gasteiger partial charge < -0.3 is 9.64 Å². The monoisotopic (exact) mass is 336 g/mol. The summed E-state index contributed by atoms with van der Waals surface area (Å²) in [5.74, 6) is -1.17. The van der Waals surface area contributed by atoms with E-state index in [9.17, 15) is 13.6 Å². The standard InChI is InChI=1S/C18H22F2N2O2/c1-11(2)15-10-24-18-5-6-21(16(18)8-17(23)22(15)18)9-12-3-4-13(19)14(20)7-12/h3-4,7,11,15-16H,5-6,8-10H2,1-2H3/t15-,16+,18-/m0/s1. The van der Waals surface area contributed by atoms with Gasteiger partial charge in [-0.05, 0) is 23.6 Å². The molecule has 130 valence electrons. The third-order valence-electron chi connectivity index (χ3n) is 5.74. The number of halogens is 2. The van der Waals surface area contributed by atoms with E-state index in [4.69, 9.17) is 4.74 Å². The number of nitrogens with zero attached hydrogens (tertiary/aromatic N) is 2. The van der Waals surface area contributed by atoms with Gasteiger partial charge in [-0.3, -0.25) is 9.69 Å². The first-order chi connectivity index (χ1) is 11.4. The van der Waals surface area contributed by atoms with Gasteiger partial charge in [-0.25, -0.2) is 8.78 Å². The van der Waals surface area contributed by atoms with Crippen LogP contribution in [0, 0.1) is 17.6 Å². The maximum Gasteiger partial charge on any atom is 0.226 e. The van der Waals surface area contributed by atoms with E-state index in [0.717, 1.165) is 24.6 Å². The zero-order valence-electron chi connectivity index (χ0n) is 14.0. The van der Waals surface area contributed by atoms with Crippen LogP contribution in [0.3, 0.4) is 0 Å². The summed E-state index contributed by atoms with van der Waals surface area (Å²) in [5.41, 5.74) is 0.195. The molecule has 3 fully saturated rings. The predicted octanol–water partition coefficient (Wildman–Crippen LogP) is 2.52. The van der Waals surface area contributed by atoms with Gasteiger partial charge in [0, 0.05) is 25.9 Å². The SMILES string of the molecule is CC(C)[C@@H]1CO[C@@]23CCN(Cc4ccc(F)c(F)c4)[C@@H]2CC(=O)N13. The molecule has 0 saturated carbocycles. The topological polar surface area (TPSA) is 32.8 Å². The van der Waals surface area contributed by atoms with Gasteiger partial charge in [0.15, 0.2) is 17.4 Å². The van der Waals surface area contributed by atoms with Gasteiger partial charge in [-0.2, -0.15) is 0 Å². The molecular weight excluding hydrogens is 314 g/mol. The highest BCUT2D eigenvalue weighted by atomic mass is 19.2. The quantitative estimate of drug-likeness (QED) is 0.850. The molecule has 0 aromatic heterocycles. The molecule has 1 spiro atoms. The Morgan fingerprint density at radius 1 is 1.33 bits per heavy atom. The molecule has 3 saturated heterocycles. The first-order valence-electron chi connectivity index (χ1n) is 8.56. The highest BCUT2D eigenvalue weighted by Gasteiger charge is 2.64. The molecule has 6 heteroatoms. The zero-order chi connectivity index (χ0) is 17.1. The van der Waals surface area contributed by atoms with E-state index in [1.807, 2.05) is 4.90 Å². The second kappa shape index (κ2) is 5.49. The normalized spacial score (nSPS) is 32.7. The maximum atomic E-state index is 13.5. The van der Waals surface area contributed by atoms with Crippen LogP contribution in [0.4, 0.5) is 8.78 Å². The summed E-state index contributed by atoms with van der Waals surface area (Å²) < 4.78 is 32.7. The van der Waals surface area contributed by atoms with Crippen LogP contribution in [0.15, 0.2) is 18.2 Å². The van der Waals surface area contributed by atoms with Crippen LogP contribution in [0.2, 0.25) is 0 Å². The van der Waals surface area contributed by atoms with Crippen molar-refractivity contribution in [2.45, 2.75) is 51.0 Å². The van der Waals surface area contributed by atoms with E-state index >= 15 is 0 Å². The van der Waals surface area contributed by atoms with Crippen molar-refractivity contribution in [2.24, 2.45) is 5.92 Å². The number of likely N-dealkylation sites (tertiary alicyclic amines) is 1. The van der Waals surface area contributed by atoms with Crippen molar-refractivity contribution in [1.82, 2.24) is 9.80 Å². The molecule has 1 aromatic carbocycles. The van der Waals surface area contributed by atoms with E-state index in [0.29, 0.717) is 25.5 Å². The fourth-order valence-corrected chi connectivity index (χ4v) is 4.52. The van der Waals surface area contributed by atoms with Crippen LogP contribution in [-0.4, -0.2) is 46.7 Å². The van der Waals surface area contributed by atoms with Gasteiger partial charge in [0.2, 0.25) is 5.91 Å². The molecule has 0 N–H and O–H groups in total. The number of carbonyl (C=O) groups is 1. The van der Waals surface area contributed by atoms with Crippen LogP contribution in [-0.2, 0) is 16.1 Å². The minimum Gasteiger partial charge on any atom is -0.352 e. The Bertz CT molecular complexity index is 681. The number of ether oxygens (including phenoxy) is 1. The Morgan fingerprint density at radius 3 is 2.83 bits per heavy atom. The van der Waals surface area contributed by atoms with Gasteiger partial charge in [0.05, 0.1) is 18.7 Å². The summed E-state index contributed by atoms with van der Waals surface area (Å²) in [6.07, 6.45) is 1.21. The summed E-state index contributed by atoms with van der Waals surface area (Å²) in [6.45, 7) is 6.10. The highest BCUT2D eigenvalue weighted by Crippen LogP contribution is 2.49. The van der Waals surface area contributed by atoms with Gasteiger partial charge in [-0.1, -0.05) is 19.9 Å². The molecule has 4 rings (SSSR count). The number of hydrogen-bond acceptors (Lipinski definition) is 3. The first kappa shape index (κ1) is 16.0. The van der Waals surface area contributed by atoms with Gasteiger partial charge >= 0.3 is 0 Å². The van der Waals surface area contributed by atoms with Crippen LogP contribution in [0.1, 0.15) is 32.3 Å². The summed E-state index contributed by atoms with van der Waals surface area (Å²) in [6, 6.07) is 4.11. The molecule has 3 aliphatic heterocycles. The Morgan fingerprint density at radius 2 is 2.12 bits per heavy atom. The van der Waals surface area contributed by atoms with Crippen LogP contribution in [0.5, 0.6) is 0 Å². The number of benzene rings is 1. The fourth-order valence-electron chi connectivity index (χ4n) is 4.52. The van der Waals surface area contributed by atoms with Crippen molar-refractivity contribution in [3.05, 3.63) is 35.4 Å². The van der Waals surface area contributed by atoms with Crippen LogP contribution in [0.25, 0.3) is 0 Å². The molecule has 4 nitrogen and oxygen atoms in total. The number of rotatable bonds is 3. The smallest absolute Gasteiger partial charge is 0.226 e. The lowest BCUT2D eigenvalue weighted by atomic mass is 10.0.